The maximum Gasteiger partial charge on any atom is 0.236 e. The van der Waals surface area contributed by atoms with Gasteiger partial charge in [-0.15, -0.1) is 0 Å². The van der Waals surface area contributed by atoms with Crippen LogP contribution in [0, 0.1) is 0 Å². The molecule has 23 heavy (non-hydrogen) atoms. The summed E-state index contributed by atoms with van der Waals surface area (Å²) in [4.78, 5) is 30.4. The van der Waals surface area contributed by atoms with Crippen molar-refractivity contribution in [3.8, 4) is 0 Å². The Labute approximate surface area is 141 Å². The van der Waals surface area contributed by atoms with E-state index in [0.717, 1.165) is 45.7 Å². The Morgan fingerprint density at radius 3 is 1.87 bits per heavy atom. The summed E-state index contributed by atoms with van der Waals surface area (Å²) in [5.74, 6) is 0.287. The Balaban J connectivity index is 2.33. The Bertz CT molecular complexity index is 386. The molecule has 1 aliphatic heterocycles. The standard InChI is InChI=1S/C17H34N4O2/c1-6-17(4,5)18-15(22)13-19-9-11-20(12-10-19)14-16(23)21(7-2)8-3/h6-14H2,1-5H3,(H,18,22). The predicted molar refractivity (Wildman–Crippen MR) is 93.3 cm³/mol. The molecular formula is C17H34N4O2. The highest BCUT2D eigenvalue weighted by atomic mass is 16.2. The number of nitrogens with zero attached hydrogens (tertiary/aromatic N) is 3. The van der Waals surface area contributed by atoms with Crippen molar-refractivity contribution in [1.82, 2.24) is 20.0 Å². The number of likely N-dealkylation sites (N-methyl/N-ethyl adjacent to an activating group) is 1. The van der Waals surface area contributed by atoms with Crippen molar-refractivity contribution in [2.75, 3.05) is 52.4 Å². The van der Waals surface area contributed by atoms with Crippen LogP contribution in [0.5, 0.6) is 0 Å². The van der Waals surface area contributed by atoms with Crippen molar-refractivity contribution in [1.29, 1.82) is 0 Å². The minimum atomic E-state index is -0.144. The third kappa shape index (κ3) is 6.87. The van der Waals surface area contributed by atoms with Crippen molar-refractivity contribution in [3.63, 3.8) is 0 Å². The molecule has 0 atom stereocenters. The van der Waals surface area contributed by atoms with Gasteiger partial charge in [0.05, 0.1) is 13.1 Å². The van der Waals surface area contributed by atoms with Gasteiger partial charge in [0.15, 0.2) is 0 Å². The van der Waals surface area contributed by atoms with Gasteiger partial charge in [0, 0.05) is 44.8 Å². The van der Waals surface area contributed by atoms with Gasteiger partial charge in [-0.2, -0.15) is 0 Å². The summed E-state index contributed by atoms with van der Waals surface area (Å²) in [6, 6.07) is 0. The first-order valence-electron chi connectivity index (χ1n) is 8.84. The van der Waals surface area contributed by atoms with E-state index in [2.05, 4.69) is 22.0 Å². The number of rotatable bonds is 8. The van der Waals surface area contributed by atoms with E-state index >= 15 is 0 Å². The van der Waals surface area contributed by atoms with Crippen LogP contribution in [0.2, 0.25) is 0 Å². The Morgan fingerprint density at radius 2 is 1.43 bits per heavy atom. The van der Waals surface area contributed by atoms with Crippen molar-refractivity contribution in [2.24, 2.45) is 0 Å². The van der Waals surface area contributed by atoms with Gasteiger partial charge < -0.3 is 10.2 Å². The van der Waals surface area contributed by atoms with Crippen LogP contribution in [0.25, 0.3) is 0 Å². The fourth-order valence-corrected chi connectivity index (χ4v) is 2.68. The molecule has 2 amide bonds. The van der Waals surface area contributed by atoms with Crippen LogP contribution < -0.4 is 5.32 Å². The predicted octanol–water partition coefficient (Wildman–Crippen LogP) is 0.777. The minimum Gasteiger partial charge on any atom is -0.350 e. The maximum absolute atomic E-state index is 12.1. The molecule has 1 saturated heterocycles. The third-order valence-electron chi connectivity index (χ3n) is 4.67. The molecule has 1 rings (SSSR count). The zero-order chi connectivity index (χ0) is 17.5. The molecule has 134 valence electrons. The maximum atomic E-state index is 12.1. The molecule has 0 aliphatic carbocycles. The van der Waals surface area contributed by atoms with Crippen molar-refractivity contribution in [3.05, 3.63) is 0 Å². The Hall–Kier alpha value is -1.14. The lowest BCUT2D eigenvalue weighted by molar-refractivity contribution is -0.133. The highest BCUT2D eigenvalue weighted by Gasteiger charge is 2.24. The molecule has 0 unspecified atom stereocenters. The SMILES string of the molecule is CCN(CC)C(=O)CN1CCN(CC(=O)NC(C)(C)CC)CC1. The number of piperazine rings is 1. The molecule has 1 N–H and O–H groups in total. The summed E-state index contributed by atoms with van der Waals surface area (Å²) >= 11 is 0. The van der Waals surface area contributed by atoms with Crippen molar-refractivity contribution >= 4 is 11.8 Å². The smallest absolute Gasteiger partial charge is 0.236 e. The van der Waals surface area contributed by atoms with Crippen molar-refractivity contribution in [2.45, 2.75) is 46.6 Å². The van der Waals surface area contributed by atoms with Crippen LogP contribution in [0.4, 0.5) is 0 Å². The average Bonchev–Trinajstić information content (AvgIpc) is 2.50. The van der Waals surface area contributed by atoms with E-state index < -0.39 is 0 Å². The second kappa shape index (κ2) is 9.23. The van der Waals surface area contributed by atoms with Crippen LogP contribution in [0.15, 0.2) is 0 Å². The molecule has 1 aliphatic rings. The molecule has 1 fully saturated rings. The molecular weight excluding hydrogens is 292 g/mol. The largest absolute Gasteiger partial charge is 0.350 e. The van der Waals surface area contributed by atoms with E-state index in [4.69, 9.17) is 0 Å². The summed E-state index contributed by atoms with van der Waals surface area (Å²) in [6.07, 6.45) is 0.917. The number of hydrogen-bond donors (Lipinski definition) is 1. The van der Waals surface area contributed by atoms with Gasteiger partial charge in [-0.3, -0.25) is 19.4 Å². The first kappa shape index (κ1) is 19.9. The highest BCUT2D eigenvalue weighted by molar-refractivity contribution is 5.79. The number of hydrogen-bond acceptors (Lipinski definition) is 4. The molecule has 6 nitrogen and oxygen atoms in total. The van der Waals surface area contributed by atoms with Gasteiger partial charge in [0.2, 0.25) is 11.8 Å². The molecule has 1 heterocycles. The lowest BCUT2D eigenvalue weighted by Crippen LogP contribution is -2.53. The van der Waals surface area contributed by atoms with Crippen LogP contribution in [0.1, 0.15) is 41.0 Å². The van der Waals surface area contributed by atoms with Crippen molar-refractivity contribution < 1.29 is 9.59 Å². The monoisotopic (exact) mass is 326 g/mol. The minimum absolute atomic E-state index is 0.0875. The normalized spacial score (nSPS) is 17.1. The topological polar surface area (TPSA) is 55.9 Å². The third-order valence-corrected chi connectivity index (χ3v) is 4.67. The summed E-state index contributed by atoms with van der Waals surface area (Å²) in [5, 5.41) is 3.07. The van der Waals surface area contributed by atoms with Gasteiger partial charge in [0.25, 0.3) is 0 Å². The van der Waals surface area contributed by atoms with E-state index in [1.807, 2.05) is 32.6 Å². The number of nitrogens with one attached hydrogen (secondary N) is 1. The van der Waals surface area contributed by atoms with E-state index in [9.17, 15) is 9.59 Å². The molecule has 0 spiro atoms. The quantitative estimate of drug-likeness (QED) is 0.716. The fraction of sp³-hybridized carbons (Fsp3) is 0.882. The average molecular weight is 326 g/mol. The zero-order valence-corrected chi connectivity index (χ0v) is 15.5. The van der Waals surface area contributed by atoms with Gasteiger partial charge in [-0.25, -0.2) is 0 Å². The van der Waals surface area contributed by atoms with Gasteiger partial charge in [-0.05, 0) is 34.1 Å². The van der Waals surface area contributed by atoms with E-state index in [1.54, 1.807) is 0 Å². The van der Waals surface area contributed by atoms with E-state index in [0.29, 0.717) is 13.1 Å². The summed E-state index contributed by atoms with van der Waals surface area (Å²) in [5.41, 5.74) is -0.144. The molecule has 6 heteroatoms. The van der Waals surface area contributed by atoms with Crippen LogP contribution in [-0.4, -0.2) is 84.4 Å². The van der Waals surface area contributed by atoms with Crippen LogP contribution in [-0.2, 0) is 9.59 Å². The second-order valence-corrected chi connectivity index (χ2v) is 6.90. The molecule has 0 bridgehead atoms. The lowest BCUT2D eigenvalue weighted by Gasteiger charge is -2.35. The highest BCUT2D eigenvalue weighted by Crippen LogP contribution is 2.07. The van der Waals surface area contributed by atoms with Crippen LogP contribution in [0.3, 0.4) is 0 Å². The Kier molecular flexibility index (Phi) is 7.99. The van der Waals surface area contributed by atoms with Gasteiger partial charge in [-0.1, -0.05) is 6.92 Å². The molecule has 0 aromatic carbocycles. The van der Waals surface area contributed by atoms with Gasteiger partial charge in [0.1, 0.15) is 0 Å². The Morgan fingerprint density at radius 1 is 0.957 bits per heavy atom. The van der Waals surface area contributed by atoms with Gasteiger partial charge >= 0.3 is 0 Å². The summed E-state index contributed by atoms with van der Waals surface area (Å²) in [6.45, 7) is 16.0. The number of carbonyl (C=O) groups excluding carboxylic acids is 2. The fourth-order valence-electron chi connectivity index (χ4n) is 2.68. The first-order chi connectivity index (χ1) is 10.8. The summed E-state index contributed by atoms with van der Waals surface area (Å²) in [7, 11) is 0. The van der Waals surface area contributed by atoms with E-state index in [-0.39, 0.29) is 17.4 Å². The van der Waals surface area contributed by atoms with Crippen LogP contribution >= 0.6 is 0 Å². The lowest BCUT2D eigenvalue weighted by atomic mass is 10.0. The molecule has 0 saturated carbocycles. The number of amides is 2. The van der Waals surface area contributed by atoms with E-state index in [1.165, 1.54) is 0 Å². The zero-order valence-electron chi connectivity index (χ0n) is 15.5. The molecule has 0 radical (unpaired) electrons. The first-order valence-corrected chi connectivity index (χ1v) is 8.84. The second-order valence-electron chi connectivity index (χ2n) is 6.90. The number of carbonyl (C=O) groups is 2. The molecule has 0 aromatic rings. The summed E-state index contributed by atoms with van der Waals surface area (Å²) < 4.78 is 0. The molecule has 0 aromatic heterocycles.